The Morgan fingerprint density at radius 2 is 1.23 bits per heavy atom. The van der Waals surface area contributed by atoms with Crippen LogP contribution < -0.4 is 15.4 Å². The first-order chi connectivity index (χ1) is 15.2. The Bertz CT molecular complexity index is 971. The Morgan fingerprint density at radius 1 is 0.710 bits per heavy atom. The van der Waals surface area contributed by atoms with Gasteiger partial charge in [-0.25, -0.2) is 0 Å². The fourth-order valence-corrected chi connectivity index (χ4v) is 3.10. The summed E-state index contributed by atoms with van der Waals surface area (Å²) >= 11 is 5.90. The van der Waals surface area contributed by atoms with Gasteiger partial charge in [0, 0.05) is 35.8 Å². The number of rotatable bonds is 10. The first kappa shape index (κ1) is 22.9. The van der Waals surface area contributed by atoms with Crippen LogP contribution in [0.15, 0.2) is 72.8 Å². The molecule has 0 unspecified atom stereocenters. The van der Waals surface area contributed by atoms with Crippen LogP contribution in [0.25, 0.3) is 0 Å². The molecule has 3 aromatic carbocycles. The minimum atomic E-state index is 0.620. The Labute approximate surface area is 190 Å². The van der Waals surface area contributed by atoms with Crippen molar-refractivity contribution in [3.63, 3.8) is 0 Å². The third-order valence-electron chi connectivity index (χ3n) is 4.71. The Balaban J connectivity index is 1.35. The van der Waals surface area contributed by atoms with Crippen molar-refractivity contribution in [2.45, 2.75) is 26.4 Å². The molecule has 4 heteroatoms. The summed E-state index contributed by atoms with van der Waals surface area (Å²) in [5.74, 6) is 7.14. The van der Waals surface area contributed by atoms with E-state index in [4.69, 9.17) is 16.3 Å². The second kappa shape index (κ2) is 12.8. The van der Waals surface area contributed by atoms with E-state index < -0.39 is 0 Å². The van der Waals surface area contributed by atoms with Gasteiger partial charge in [-0.15, -0.1) is 0 Å². The van der Waals surface area contributed by atoms with Gasteiger partial charge in [-0.05, 0) is 72.6 Å². The van der Waals surface area contributed by atoms with E-state index in [1.165, 1.54) is 11.1 Å². The van der Waals surface area contributed by atoms with Gasteiger partial charge in [0.1, 0.15) is 12.4 Å². The molecule has 0 saturated heterocycles. The third kappa shape index (κ3) is 8.47. The van der Waals surface area contributed by atoms with Crippen molar-refractivity contribution in [2.75, 3.05) is 19.7 Å². The van der Waals surface area contributed by atoms with Gasteiger partial charge in [-0.2, -0.15) is 0 Å². The largest absolute Gasteiger partial charge is 0.492 e. The van der Waals surface area contributed by atoms with Crippen LogP contribution in [0.1, 0.15) is 35.6 Å². The maximum absolute atomic E-state index is 5.90. The molecule has 0 spiro atoms. The van der Waals surface area contributed by atoms with E-state index in [1.807, 2.05) is 48.5 Å². The summed E-state index contributed by atoms with van der Waals surface area (Å²) in [7, 11) is 0. The molecule has 2 N–H and O–H groups in total. The highest BCUT2D eigenvalue weighted by Crippen LogP contribution is 2.12. The summed E-state index contributed by atoms with van der Waals surface area (Å²) in [5.41, 5.74) is 4.50. The molecule has 31 heavy (non-hydrogen) atoms. The van der Waals surface area contributed by atoms with Crippen LogP contribution >= 0.6 is 11.6 Å². The van der Waals surface area contributed by atoms with Gasteiger partial charge in [0.05, 0.1) is 0 Å². The minimum Gasteiger partial charge on any atom is -0.492 e. The lowest BCUT2D eigenvalue weighted by Gasteiger charge is -2.09. The maximum atomic E-state index is 5.90. The molecule has 3 rings (SSSR count). The third-order valence-corrected chi connectivity index (χ3v) is 4.96. The highest BCUT2D eigenvalue weighted by atomic mass is 35.5. The molecular formula is C27H29ClN2O. The maximum Gasteiger partial charge on any atom is 0.119 e. The summed E-state index contributed by atoms with van der Waals surface area (Å²) in [6.45, 7) is 6.42. The van der Waals surface area contributed by atoms with Crippen LogP contribution in [0.5, 0.6) is 5.75 Å². The van der Waals surface area contributed by atoms with Gasteiger partial charge in [0.2, 0.25) is 0 Å². The van der Waals surface area contributed by atoms with Gasteiger partial charge in [0.15, 0.2) is 0 Å². The molecule has 3 nitrogen and oxygen atoms in total. The topological polar surface area (TPSA) is 33.3 Å². The lowest BCUT2D eigenvalue weighted by Crippen LogP contribution is -2.20. The first-order valence-corrected chi connectivity index (χ1v) is 11.1. The van der Waals surface area contributed by atoms with Crippen molar-refractivity contribution in [3.8, 4) is 17.6 Å². The Kier molecular flexibility index (Phi) is 9.47. The molecular weight excluding hydrogens is 404 g/mol. The molecule has 0 saturated carbocycles. The lowest BCUT2D eigenvalue weighted by atomic mass is 10.1. The number of benzene rings is 3. The van der Waals surface area contributed by atoms with E-state index >= 15 is 0 Å². The zero-order valence-corrected chi connectivity index (χ0v) is 18.7. The molecule has 0 bridgehead atoms. The molecule has 0 fully saturated rings. The average molecular weight is 433 g/mol. The van der Waals surface area contributed by atoms with E-state index in [9.17, 15) is 0 Å². The van der Waals surface area contributed by atoms with Crippen molar-refractivity contribution in [1.82, 2.24) is 10.6 Å². The predicted molar refractivity (Wildman–Crippen MR) is 130 cm³/mol. The van der Waals surface area contributed by atoms with Crippen molar-refractivity contribution in [2.24, 2.45) is 0 Å². The molecule has 0 aliphatic carbocycles. The quantitative estimate of drug-likeness (QED) is 0.332. The molecule has 0 atom stereocenters. The summed E-state index contributed by atoms with van der Waals surface area (Å²) in [6, 6.07) is 24.1. The van der Waals surface area contributed by atoms with Crippen LogP contribution in [-0.4, -0.2) is 19.7 Å². The number of hydrogen-bond donors (Lipinski definition) is 2. The van der Waals surface area contributed by atoms with E-state index in [1.54, 1.807) is 0 Å². The van der Waals surface area contributed by atoms with Crippen molar-refractivity contribution < 1.29 is 4.74 Å². The molecule has 160 valence electrons. The second-order valence-electron chi connectivity index (χ2n) is 7.30. The molecule has 0 aliphatic rings. The van der Waals surface area contributed by atoms with Crippen molar-refractivity contribution in [1.29, 1.82) is 0 Å². The van der Waals surface area contributed by atoms with E-state index in [0.29, 0.717) is 6.61 Å². The Morgan fingerprint density at radius 3 is 1.77 bits per heavy atom. The number of ether oxygens (including phenoxy) is 1. The second-order valence-corrected chi connectivity index (χ2v) is 7.74. The smallest absolute Gasteiger partial charge is 0.119 e. The first-order valence-electron chi connectivity index (χ1n) is 10.7. The summed E-state index contributed by atoms with van der Waals surface area (Å²) in [6.07, 6.45) is 1.16. The minimum absolute atomic E-state index is 0.620. The SMILES string of the molecule is CCCNCc1ccc(CNCCOc2ccc(C#Cc3ccc(Cl)cc3)cc2)cc1. The van der Waals surface area contributed by atoms with Crippen LogP contribution in [0.2, 0.25) is 5.02 Å². The fourth-order valence-electron chi connectivity index (χ4n) is 2.97. The molecule has 0 aliphatic heterocycles. The van der Waals surface area contributed by atoms with Gasteiger partial charge in [0.25, 0.3) is 0 Å². The highest BCUT2D eigenvalue weighted by Gasteiger charge is 1.97. The zero-order chi connectivity index (χ0) is 21.7. The molecule has 0 aromatic heterocycles. The van der Waals surface area contributed by atoms with Crippen molar-refractivity contribution in [3.05, 3.63) is 100 Å². The van der Waals surface area contributed by atoms with Gasteiger partial charge in [-0.1, -0.05) is 54.6 Å². The van der Waals surface area contributed by atoms with Crippen LogP contribution in [0.4, 0.5) is 0 Å². The molecule has 0 heterocycles. The number of hydrogen-bond acceptors (Lipinski definition) is 3. The van der Waals surface area contributed by atoms with Crippen molar-refractivity contribution >= 4 is 11.6 Å². The van der Waals surface area contributed by atoms with Crippen LogP contribution in [-0.2, 0) is 13.1 Å². The van der Waals surface area contributed by atoms with Crippen LogP contribution in [0.3, 0.4) is 0 Å². The van der Waals surface area contributed by atoms with Crippen LogP contribution in [0, 0.1) is 11.8 Å². The fraction of sp³-hybridized carbons (Fsp3) is 0.259. The summed E-state index contributed by atoms with van der Waals surface area (Å²) < 4.78 is 5.82. The molecule has 3 aromatic rings. The zero-order valence-electron chi connectivity index (χ0n) is 18.0. The lowest BCUT2D eigenvalue weighted by molar-refractivity contribution is 0.313. The van der Waals surface area contributed by atoms with E-state index in [0.717, 1.165) is 54.5 Å². The monoisotopic (exact) mass is 432 g/mol. The Hall–Kier alpha value is -2.77. The normalized spacial score (nSPS) is 10.4. The van der Waals surface area contributed by atoms with E-state index in [-0.39, 0.29) is 0 Å². The number of halogens is 1. The number of nitrogens with one attached hydrogen (secondary N) is 2. The molecule has 0 amide bonds. The summed E-state index contributed by atoms with van der Waals surface area (Å²) in [4.78, 5) is 0. The summed E-state index contributed by atoms with van der Waals surface area (Å²) in [5, 5.41) is 7.56. The van der Waals surface area contributed by atoms with Gasteiger partial charge >= 0.3 is 0 Å². The van der Waals surface area contributed by atoms with E-state index in [2.05, 4.69) is 53.7 Å². The molecule has 0 radical (unpaired) electrons. The highest BCUT2D eigenvalue weighted by molar-refractivity contribution is 6.30. The van der Waals surface area contributed by atoms with Gasteiger partial charge in [-0.3, -0.25) is 0 Å². The standard InChI is InChI=1S/C27H29ClN2O/c1-2-17-29-20-24-5-7-25(8-6-24)21-30-18-19-31-27-15-11-23(12-16-27)4-3-22-9-13-26(28)14-10-22/h5-16,29-30H,2,17-21H2,1H3. The predicted octanol–water partition coefficient (Wildman–Crippen LogP) is 5.41. The average Bonchev–Trinajstić information content (AvgIpc) is 2.80. The van der Waals surface area contributed by atoms with Gasteiger partial charge < -0.3 is 15.4 Å².